The van der Waals surface area contributed by atoms with Crippen LogP contribution in [0, 0.1) is 11.7 Å². The van der Waals surface area contributed by atoms with Crippen molar-refractivity contribution in [3.05, 3.63) is 35.6 Å². The van der Waals surface area contributed by atoms with Crippen LogP contribution in [0.25, 0.3) is 0 Å². The second-order valence-electron chi connectivity index (χ2n) is 5.39. The van der Waals surface area contributed by atoms with E-state index in [1.165, 1.54) is 18.4 Å². The number of hydrogen-bond acceptors (Lipinski definition) is 3. The van der Waals surface area contributed by atoms with Gasteiger partial charge in [-0.25, -0.2) is 17.1 Å². The summed E-state index contributed by atoms with van der Waals surface area (Å²) in [6.45, 7) is 2.56. The molecule has 0 aliphatic carbocycles. The smallest absolute Gasteiger partial charge is 0.211 e. The molecule has 0 saturated carbocycles. The van der Waals surface area contributed by atoms with E-state index in [4.69, 9.17) is 0 Å². The van der Waals surface area contributed by atoms with Gasteiger partial charge in [-0.3, -0.25) is 0 Å². The lowest BCUT2D eigenvalue weighted by Crippen LogP contribution is -2.42. The van der Waals surface area contributed by atoms with Crippen molar-refractivity contribution in [3.63, 3.8) is 0 Å². The molecule has 1 saturated heterocycles. The summed E-state index contributed by atoms with van der Waals surface area (Å²) in [7, 11) is -3.09. The molecule has 112 valence electrons. The third kappa shape index (κ3) is 4.54. The molecular weight excluding hydrogens is 279 g/mol. The summed E-state index contributed by atoms with van der Waals surface area (Å²) in [4.78, 5) is 0. The molecule has 0 spiro atoms. The highest BCUT2D eigenvalue weighted by Crippen LogP contribution is 2.18. The molecule has 4 nitrogen and oxygen atoms in total. The first kappa shape index (κ1) is 15.4. The van der Waals surface area contributed by atoms with Crippen molar-refractivity contribution in [3.8, 4) is 0 Å². The Hall–Kier alpha value is -0.980. The minimum absolute atomic E-state index is 0.231. The highest BCUT2D eigenvalue weighted by atomic mass is 32.2. The number of piperidine rings is 1. The molecule has 1 aromatic carbocycles. The fourth-order valence-electron chi connectivity index (χ4n) is 2.56. The minimum atomic E-state index is -3.09. The summed E-state index contributed by atoms with van der Waals surface area (Å²) in [5.41, 5.74) is 0.903. The molecule has 1 unspecified atom stereocenters. The lowest BCUT2D eigenvalue weighted by Gasteiger charge is -2.31. The van der Waals surface area contributed by atoms with E-state index in [1.807, 2.05) is 6.07 Å². The maximum atomic E-state index is 13.0. The van der Waals surface area contributed by atoms with Gasteiger partial charge in [0.05, 0.1) is 6.26 Å². The van der Waals surface area contributed by atoms with Crippen molar-refractivity contribution >= 4 is 10.0 Å². The number of hydrogen-bond donors (Lipinski definition) is 1. The van der Waals surface area contributed by atoms with Gasteiger partial charge in [0.1, 0.15) is 5.82 Å². The van der Waals surface area contributed by atoms with Crippen LogP contribution in [0.4, 0.5) is 4.39 Å². The van der Waals surface area contributed by atoms with Crippen LogP contribution in [-0.2, 0) is 16.6 Å². The van der Waals surface area contributed by atoms with E-state index in [9.17, 15) is 12.8 Å². The summed E-state index contributed by atoms with van der Waals surface area (Å²) < 4.78 is 37.6. The lowest BCUT2D eigenvalue weighted by molar-refractivity contribution is 0.261. The van der Waals surface area contributed by atoms with Crippen LogP contribution in [0.3, 0.4) is 0 Å². The van der Waals surface area contributed by atoms with Gasteiger partial charge >= 0.3 is 0 Å². The summed E-state index contributed by atoms with van der Waals surface area (Å²) >= 11 is 0. The Kier molecular flexibility index (Phi) is 5.12. The zero-order chi connectivity index (χ0) is 14.6. The molecule has 1 aliphatic rings. The Morgan fingerprint density at radius 2 is 2.25 bits per heavy atom. The van der Waals surface area contributed by atoms with Crippen LogP contribution in [0.2, 0.25) is 0 Å². The molecule has 0 bridgehead atoms. The number of sulfonamides is 1. The predicted molar refractivity (Wildman–Crippen MR) is 77.2 cm³/mol. The van der Waals surface area contributed by atoms with Gasteiger partial charge < -0.3 is 5.32 Å². The van der Waals surface area contributed by atoms with Gasteiger partial charge in [0, 0.05) is 19.6 Å². The monoisotopic (exact) mass is 300 g/mol. The summed E-state index contributed by atoms with van der Waals surface area (Å²) in [5, 5.41) is 3.28. The average molecular weight is 300 g/mol. The number of rotatable bonds is 5. The summed E-state index contributed by atoms with van der Waals surface area (Å²) in [6, 6.07) is 6.50. The van der Waals surface area contributed by atoms with Gasteiger partial charge in [-0.15, -0.1) is 0 Å². The van der Waals surface area contributed by atoms with E-state index in [1.54, 1.807) is 10.4 Å². The first-order valence-electron chi connectivity index (χ1n) is 6.85. The molecule has 1 aromatic rings. The normalized spacial score (nSPS) is 21.0. The average Bonchev–Trinajstić information content (AvgIpc) is 2.38. The van der Waals surface area contributed by atoms with Crippen molar-refractivity contribution in [2.45, 2.75) is 19.4 Å². The number of benzene rings is 1. The van der Waals surface area contributed by atoms with E-state index in [0.717, 1.165) is 24.9 Å². The number of halogens is 1. The molecule has 1 atom stereocenters. The third-order valence-corrected chi connectivity index (χ3v) is 4.87. The van der Waals surface area contributed by atoms with E-state index < -0.39 is 10.0 Å². The Bertz CT molecular complexity index is 548. The highest BCUT2D eigenvalue weighted by Gasteiger charge is 2.25. The first-order valence-corrected chi connectivity index (χ1v) is 8.70. The Morgan fingerprint density at radius 1 is 1.45 bits per heavy atom. The largest absolute Gasteiger partial charge is 0.312 e. The van der Waals surface area contributed by atoms with Gasteiger partial charge in [-0.1, -0.05) is 12.1 Å². The van der Waals surface area contributed by atoms with Crippen LogP contribution < -0.4 is 5.32 Å². The van der Waals surface area contributed by atoms with Crippen molar-refractivity contribution in [2.75, 3.05) is 25.9 Å². The topological polar surface area (TPSA) is 49.4 Å². The van der Waals surface area contributed by atoms with Crippen molar-refractivity contribution < 1.29 is 12.8 Å². The summed E-state index contributed by atoms with van der Waals surface area (Å²) in [6.07, 6.45) is 3.19. The molecule has 20 heavy (non-hydrogen) atoms. The molecule has 0 radical (unpaired) electrons. The SMILES string of the molecule is CS(=O)(=O)N1CCCC(CNCc2cccc(F)c2)C1. The number of nitrogens with one attached hydrogen (secondary N) is 1. The van der Waals surface area contributed by atoms with Crippen LogP contribution in [0.1, 0.15) is 18.4 Å². The Morgan fingerprint density at radius 3 is 2.95 bits per heavy atom. The maximum absolute atomic E-state index is 13.0. The quantitative estimate of drug-likeness (QED) is 0.898. The molecule has 1 aliphatic heterocycles. The maximum Gasteiger partial charge on any atom is 0.211 e. The Labute approximate surface area is 120 Å². The molecule has 1 N–H and O–H groups in total. The molecule has 0 amide bonds. The van der Waals surface area contributed by atoms with Gasteiger partial charge in [0.2, 0.25) is 10.0 Å². The lowest BCUT2D eigenvalue weighted by atomic mass is 9.99. The molecule has 2 rings (SSSR count). The number of nitrogens with zero attached hydrogens (tertiary/aromatic N) is 1. The van der Waals surface area contributed by atoms with Crippen LogP contribution >= 0.6 is 0 Å². The van der Waals surface area contributed by atoms with Crippen molar-refractivity contribution in [1.29, 1.82) is 0 Å². The van der Waals surface area contributed by atoms with Gasteiger partial charge in [-0.05, 0) is 43.0 Å². The molecular formula is C14H21FN2O2S. The fraction of sp³-hybridized carbons (Fsp3) is 0.571. The second-order valence-corrected chi connectivity index (χ2v) is 7.37. The van der Waals surface area contributed by atoms with E-state index in [0.29, 0.717) is 25.6 Å². The minimum Gasteiger partial charge on any atom is -0.312 e. The highest BCUT2D eigenvalue weighted by molar-refractivity contribution is 7.88. The standard InChI is InChI=1S/C14H21FN2O2S/c1-20(18,19)17-7-3-5-13(11-17)10-16-9-12-4-2-6-14(15)8-12/h2,4,6,8,13,16H,3,5,7,9-11H2,1H3. The van der Waals surface area contributed by atoms with Crippen LogP contribution in [-0.4, -0.2) is 38.6 Å². The van der Waals surface area contributed by atoms with Gasteiger partial charge in [0.15, 0.2) is 0 Å². The molecule has 0 aromatic heterocycles. The molecule has 1 fully saturated rings. The zero-order valence-corrected chi connectivity index (χ0v) is 12.5. The van der Waals surface area contributed by atoms with Crippen LogP contribution in [0.15, 0.2) is 24.3 Å². The van der Waals surface area contributed by atoms with Crippen molar-refractivity contribution in [1.82, 2.24) is 9.62 Å². The third-order valence-electron chi connectivity index (χ3n) is 3.60. The first-order chi connectivity index (χ1) is 9.45. The van der Waals surface area contributed by atoms with E-state index in [2.05, 4.69) is 5.32 Å². The van der Waals surface area contributed by atoms with Crippen LogP contribution in [0.5, 0.6) is 0 Å². The van der Waals surface area contributed by atoms with E-state index >= 15 is 0 Å². The van der Waals surface area contributed by atoms with Crippen molar-refractivity contribution in [2.24, 2.45) is 5.92 Å². The van der Waals surface area contributed by atoms with E-state index in [-0.39, 0.29) is 5.82 Å². The fourth-order valence-corrected chi connectivity index (χ4v) is 3.50. The zero-order valence-electron chi connectivity index (χ0n) is 11.7. The molecule has 6 heteroatoms. The predicted octanol–water partition coefficient (Wildman–Crippen LogP) is 1.59. The second kappa shape index (κ2) is 6.65. The molecule has 1 heterocycles. The Balaban J connectivity index is 1.79. The van der Waals surface area contributed by atoms with Gasteiger partial charge in [-0.2, -0.15) is 0 Å². The van der Waals surface area contributed by atoms with Gasteiger partial charge in [0.25, 0.3) is 0 Å². The summed E-state index contributed by atoms with van der Waals surface area (Å²) in [5.74, 6) is 0.0947.